The Morgan fingerprint density at radius 1 is 1.27 bits per heavy atom. The SMILES string of the molecule is Oc1ccc2oc(C3CCCC3)nc2c1. The largest absolute Gasteiger partial charge is 0.508 e. The number of benzene rings is 1. The zero-order valence-electron chi connectivity index (χ0n) is 8.44. The van der Waals surface area contributed by atoms with E-state index in [0.717, 1.165) is 17.0 Å². The Labute approximate surface area is 87.7 Å². The van der Waals surface area contributed by atoms with E-state index in [9.17, 15) is 5.11 Å². The molecule has 0 amide bonds. The Bertz CT molecular complexity index is 483. The molecule has 3 heteroatoms. The zero-order chi connectivity index (χ0) is 10.3. The van der Waals surface area contributed by atoms with Gasteiger partial charge >= 0.3 is 0 Å². The minimum atomic E-state index is 0.244. The molecule has 3 nitrogen and oxygen atoms in total. The van der Waals surface area contributed by atoms with Crippen molar-refractivity contribution in [3.63, 3.8) is 0 Å². The first-order chi connectivity index (χ1) is 7.33. The van der Waals surface area contributed by atoms with Crippen LogP contribution in [0.1, 0.15) is 37.5 Å². The summed E-state index contributed by atoms with van der Waals surface area (Å²) in [6, 6.07) is 5.05. The predicted octanol–water partition coefficient (Wildman–Crippen LogP) is 3.19. The Balaban J connectivity index is 2.05. The van der Waals surface area contributed by atoms with Crippen LogP contribution in [0.2, 0.25) is 0 Å². The first-order valence-electron chi connectivity index (χ1n) is 5.42. The molecule has 78 valence electrons. The summed E-state index contributed by atoms with van der Waals surface area (Å²) in [5, 5.41) is 9.32. The van der Waals surface area contributed by atoms with Crippen molar-refractivity contribution in [3.05, 3.63) is 24.1 Å². The van der Waals surface area contributed by atoms with Gasteiger partial charge in [0.1, 0.15) is 11.3 Å². The summed E-state index contributed by atoms with van der Waals surface area (Å²) in [5.74, 6) is 1.57. The van der Waals surface area contributed by atoms with E-state index in [1.807, 2.05) is 0 Å². The highest BCUT2D eigenvalue weighted by atomic mass is 16.3. The van der Waals surface area contributed by atoms with Crippen LogP contribution in [0.15, 0.2) is 22.6 Å². The number of phenolic OH excluding ortho intramolecular Hbond substituents is 1. The lowest BCUT2D eigenvalue weighted by Crippen LogP contribution is -1.90. The fourth-order valence-corrected chi connectivity index (χ4v) is 2.28. The quantitative estimate of drug-likeness (QED) is 0.774. The van der Waals surface area contributed by atoms with E-state index in [1.54, 1.807) is 18.2 Å². The Kier molecular flexibility index (Phi) is 1.91. The molecule has 1 aliphatic rings. The molecule has 15 heavy (non-hydrogen) atoms. The van der Waals surface area contributed by atoms with E-state index in [-0.39, 0.29) is 5.75 Å². The van der Waals surface area contributed by atoms with Gasteiger partial charge in [0.05, 0.1) is 0 Å². The summed E-state index contributed by atoms with van der Waals surface area (Å²) >= 11 is 0. The van der Waals surface area contributed by atoms with Gasteiger partial charge in [0.15, 0.2) is 11.5 Å². The molecule has 1 N–H and O–H groups in total. The van der Waals surface area contributed by atoms with E-state index in [4.69, 9.17) is 4.42 Å². The van der Waals surface area contributed by atoms with Crippen molar-refractivity contribution in [2.24, 2.45) is 0 Å². The molecule has 0 atom stereocenters. The predicted molar refractivity (Wildman–Crippen MR) is 56.9 cm³/mol. The van der Waals surface area contributed by atoms with Crippen LogP contribution in [-0.2, 0) is 0 Å². The van der Waals surface area contributed by atoms with E-state index < -0.39 is 0 Å². The molecule has 1 aliphatic carbocycles. The van der Waals surface area contributed by atoms with Crippen molar-refractivity contribution in [2.45, 2.75) is 31.6 Å². The van der Waals surface area contributed by atoms with Crippen LogP contribution >= 0.6 is 0 Å². The normalized spacial score (nSPS) is 17.6. The van der Waals surface area contributed by atoms with Gasteiger partial charge < -0.3 is 9.52 Å². The van der Waals surface area contributed by atoms with E-state index >= 15 is 0 Å². The van der Waals surface area contributed by atoms with Crippen LogP contribution in [-0.4, -0.2) is 10.1 Å². The maximum Gasteiger partial charge on any atom is 0.198 e. The number of hydrogen-bond acceptors (Lipinski definition) is 3. The van der Waals surface area contributed by atoms with Gasteiger partial charge in [-0.05, 0) is 25.0 Å². The molecule has 0 spiro atoms. The standard InChI is InChI=1S/C12H13NO2/c14-9-5-6-11-10(7-9)13-12(15-11)8-3-1-2-4-8/h5-8,14H,1-4H2. The topological polar surface area (TPSA) is 46.3 Å². The Morgan fingerprint density at radius 2 is 2.07 bits per heavy atom. The average molecular weight is 203 g/mol. The van der Waals surface area contributed by atoms with Crippen molar-refractivity contribution in [1.29, 1.82) is 0 Å². The van der Waals surface area contributed by atoms with E-state index in [1.165, 1.54) is 25.7 Å². The van der Waals surface area contributed by atoms with Crippen LogP contribution < -0.4 is 0 Å². The van der Waals surface area contributed by atoms with Gasteiger partial charge in [-0.3, -0.25) is 0 Å². The van der Waals surface area contributed by atoms with Gasteiger partial charge in [-0.1, -0.05) is 12.8 Å². The van der Waals surface area contributed by atoms with Gasteiger partial charge in [-0.25, -0.2) is 4.98 Å². The lowest BCUT2D eigenvalue weighted by atomic mass is 10.1. The van der Waals surface area contributed by atoms with Crippen LogP contribution in [0.25, 0.3) is 11.1 Å². The lowest BCUT2D eigenvalue weighted by molar-refractivity contribution is 0.471. The van der Waals surface area contributed by atoms with Crippen LogP contribution in [0, 0.1) is 0 Å². The number of rotatable bonds is 1. The monoisotopic (exact) mass is 203 g/mol. The summed E-state index contributed by atoms with van der Waals surface area (Å²) in [7, 11) is 0. The number of nitrogens with zero attached hydrogens (tertiary/aromatic N) is 1. The molecule has 1 heterocycles. The third-order valence-electron chi connectivity index (χ3n) is 3.09. The molecule has 3 rings (SSSR count). The summed E-state index contributed by atoms with van der Waals surface area (Å²) in [4.78, 5) is 4.43. The van der Waals surface area contributed by atoms with Crippen LogP contribution in [0.5, 0.6) is 5.75 Å². The molecule has 1 saturated carbocycles. The van der Waals surface area contributed by atoms with Crippen molar-refractivity contribution in [1.82, 2.24) is 4.98 Å². The number of aromatic hydroxyl groups is 1. The maximum atomic E-state index is 9.32. The number of aromatic nitrogens is 1. The average Bonchev–Trinajstić information content (AvgIpc) is 2.84. The van der Waals surface area contributed by atoms with Gasteiger partial charge in [0, 0.05) is 12.0 Å². The van der Waals surface area contributed by atoms with Gasteiger partial charge in [0.2, 0.25) is 0 Å². The van der Waals surface area contributed by atoms with E-state index in [0.29, 0.717) is 5.92 Å². The number of hydrogen-bond donors (Lipinski definition) is 1. The van der Waals surface area contributed by atoms with Gasteiger partial charge in [-0.2, -0.15) is 0 Å². The fraction of sp³-hybridized carbons (Fsp3) is 0.417. The first kappa shape index (κ1) is 8.77. The maximum absolute atomic E-state index is 9.32. The minimum Gasteiger partial charge on any atom is -0.508 e. The summed E-state index contributed by atoms with van der Waals surface area (Å²) in [5.41, 5.74) is 1.53. The Morgan fingerprint density at radius 3 is 2.87 bits per heavy atom. The molecular weight excluding hydrogens is 190 g/mol. The highest BCUT2D eigenvalue weighted by Crippen LogP contribution is 2.35. The van der Waals surface area contributed by atoms with Crippen LogP contribution in [0.3, 0.4) is 0 Å². The molecule has 0 radical (unpaired) electrons. The van der Waals surface area contributed by atoms with Crippen molar-refractivity contribution < 1.29 is 9.52 Å². The summed E-state index contributed by atoms with van der Waals surface area (Å²) in [6.07, 6.45) is 4.90. The van der Waals surface area contributed by atoms with Crippen molar-refractivity contribution >= 4 is 11.1 Å². The zero-order valence-corrected chi connectivity index (χ0v) is 8.44. The highest BCUT2D eigenvalue weighted by molar-refractivity contribution is 5.74. The number of fused-ring (bicyclic) bond motifs is 1. The fourth-order valence-electron chi connectivity index (χ4n) is 2.28. The van der Waals surface area contributed by atoms with Crippen molar-refractivity contribution in [2.75, 3.05) is 0 Å². The number of oxazole rings is 1. The summed E-state index contributed by atoms with van der Waals surface area (Å²) < 4.78 is 5.68. The molecule has 0 unspecified atom stereocenters. The van der Waals surface area contributed by atoms with Crippen LogP contribution in [0.4, 0.5) is 0 Å². The van der Waals surface area contributed by atoms with Gasteiger partial charge in [0.25, 0.3) is 0 Å². The molecule has 0 saturated heterocycles. The molecule has 2 aromatic rings. The number of phenols is 1. The smallest absolute Gasteiger partial charge is 0.198 e. The second-order valence-electron chi connectivity index (χ2n) is 4.19. The Hall–Kier alpha value is -1.51. The molecule has 1 aromatic heterocycles. The molecule has 1 fully saturated rings. The third kappa shape index (κ3) is 1.48. The lowest BCUT2D eigenvalue weighted by Gasteiger charge is -2.00. The third-order valence-corrected chi connectivity index (χ3v) is 3.09. The van der Waals surface area contributed by atoms with Crippen molar-refractivity contribution in [3.8, 4) is 5.75 Å². The molecule has 0 aliphatic heterocycles. The second kappa shape index (κ2) is 3.26. The van der Waals surface area contributed by atoms with E-state index in [2.05, 4.69) is 4.98 Å². The molecule has 0 bridgehead atoms. The summed E-state index contributed by atoms with van der Waals surface area (Å²) in [6.45, 7) is 0. The minimum absolute atomic E-state index is 0.244. The second-order valence-corrected chi connectivity index (χ2v) is 4.19. The highest BCUT2D eigenvalue weighted by Gasteiger charge is 2.22. The van der Waals surface area contributed by atoms with Gasteiger partial charge in [-0.15, -0.1) is 0 Å². The molecular formula is C12H13NO2. The molecule has 1 aromatic carbocycles. The first-order valence-corrected chi connectivity index (χ1v) is 5.42.